The maximum Gasteiger partial charge on any atom is 0.255 e. The van der Waals surface area contributed by atoms with Crippen LogP contribution in [0.15, 0.2) is 85.2 Å². The highest BCUT2D eigenvalue weighted by Gasteiger charge is 2.07. The van der Waals surface area contributed by atoms with E-state index in [1.165, 1.54) is 30.3 Å². The van der Waals surface area contributed by atoms with Gasteiger partial charge < -0.3 is 10.6 Å². The summed E-state index contributed by atoms with van der Waals surface area (Å²) in [5.41, 5.74) is 2.89. The van der Waals surface area contributed by atoms with Crippen molar-refractivity contribution < 1.29 is 13.6 Å². The number of nitrogens with zero attached hydrogens (tertiary/aromatic N) is 2. The van der Waals surface area contributed by atoms with Gasteiger partial charge >= 0.3 is 0 Å². The van der Waals surface area contributed by atoms with Gasteiger partial charge in [-0.05, 0) is 60.2 Å². The molecule has 148 valence electrons. The zero-order chi connectivity index (χ0) is 20.9. The number of amides is 1. The maximum atomic E-state index is 13.4. The lowest BCUT2D eigenvalue weighted by atomic mass is 10.1. The SMILES string of the molecule is O=C(Nc1cccc(F)c1)c1ccc(Nc2ncc(-c3cccc(F)c3)cn2)cc1. The molecule has 3 aromatic carbocycles. The fourth-order valence-corrected chi connectivity index (χ4v) is 2.81. The molecule has 2 N–H and O–H groups in total. The largest absolute Gasteiger partial charge is 0.324 e. The Hall–Kier alpha value is -4.13. The molecular formula is C23H16F2N4O. The molecule has 4 rings (SSSR count). The smallest absolute Gasteiger partial charge is 0.255 e. The van der Waals surface area contributed by atoms with Crippen molar-refractivity contribution in [2.24, 2.45) is 0 Å². The first-order chi connectivity index (χ1) is 14.6. The molecule has 5 nitrogen and oxygen atoms in total. The van der Waals surface area contributed by atoms with E-state index in [0.29, 0.717) is 34.0 Å². The predicted octanol–water partition coefficient (Wildman–Crippen LogP) is 5.42. The molecule has 0 radical (unpaired) electrons. The van der Waals surface area contributed by atoms with Gasteiger partial charge in [0.05, 0.1) is 0 Å². The first-order valence-corrected chi connectivity index (χ1v) is 9.09. The second-order valence-corrected chi connectivity index (χ2v) is 6.47. The predicted molar refractivity (Wildman–Crippen MR) is 112 cm³/mol. The average Bonchev–Trinajstić information content (AvgIpc) is 2.75. The highest BCUT2D eigenvalue weighted by atomic mass is 19.1. The van der Waals surface area contributed by atoms with Gasteiger partial charge in [0.25, 0.3) is 5.91 Å². The number of carbonyl (C=O) groups excluding carboxylic acids is 1. The van der Waals surface area contributed by atoms with E-state index in [4.69, 9.17) is 0 Å². The molecule has 0 aliphatic rings. The van der Waals surface area contributed by atoms with Crippen LogP contribution in [0, 0.1) is 11.6 Å². The number of hydrogen-bond acceptors (Lipinski definition) is 4. The Bertz CT molecular complexity index is 1180. The van der Waals surface area contributed by atoms with Gasteiger partial charge in [0.2, 0.25) is 5.95 Å². The first kappa shape index (κ1) is 19.2. The molecule has 4 aromatic rings. The van der Waals surface area contributed by atoms with Crippen molar-refractivity contribution in [3.8, 4) is 11.1 Å². The van der Waals surface area contributed by atoms with E-state index in [-0.39, 0.29) is 11.7 Å². The molecule has 0 bridgehead atoms. The number of rotatable bonds is 5. The molecule has 0 saturated heterocycles. The first-order valence-electron chi connectivity index (χ1n) is 9.09. The van der Waals surface area contributed by atoms with E-state index in [1.807, 2.05) is 0 Å². The van der Waals surface area contributed by atoms with Gasteiger partial charge in [-0.15, -0.1) is 0 Å². The van der Waals surface area contributed by atoms with Crippen molar-refractivity contribution in [2.45, 2.75) is 0 Å². The zero-order valence-corrected chi connectivity index (χ0v) is 15.6. The monoisotopic (exact) mass is 402 g/mol. The van der Waals surface area contributed by atoms with Crippen molar-refractivity contribution in [1.29, 1.82) is 0 Å². The van der Waals surface area contributed by atoms with Crippen LogP contribution < -0.4 is 10.6 Å². The number of benzene rings is 3. The Labute approximate surface area is 171 Å². The van der Waals surface area contributed by atoms with Crippen molar-refractivity contribution in [3.63, 3.8) is 0 Å². The summed E-state index contributed by atoms with van der Waals surface area (Å²) in [5.74, 6) is -0.720. The molecule has 30 heavy (non-hydrogen) atoms. The van der Waals surface area contributed by atoms with Gasteiger partial charge in [-0.1, -0.05) is 18.2 Å². The standard InChI is InChI=1S/C23H16F2N4O/c24-18-4-1-3-16(11-18)17-13-26-23(27-14-17)29-20-9-7-15(8-10-20)22(30)28-21-6-2-5-19(25)12-21/h1-14H,(H,28,30)(H,26,27,29). The Morgan fingerprint density at radius 3 is 2.07 bits per heavy atom. The summed E-state index contributed by atoms with van der Waals surface area (Å²) >= 11 is 0. The van der Waals surface area contributed by atoms with Crippen LogP contribution in [-0.4, -0.2) is 15.9 Å². The van der Waals surface area contributed by atoms with Gasteiger partial charge in [-0.2, -0.15) is 0 Å². The van der Waals surface area contributed by atoms with E-state index in [0.717, 1.165) is 0 Å². The number of hydrogen-bond donors (Lipinski definition) is 2. The van der Waals surface area contributed by atoms with Crippen LogP contribution in [0.1, 0.15) is 10.4 Å². The lowest BCUT2D eigenvalue weighted by Crippen LogP contribution is -2.11. The van der Waals surface area contributed by atoms with Crippen LogP contribution in [0.2, 0.25) is 0 Å². The molecule has 0 atom stereocenters. The molecule has 0 aliphatic carbocycles. The third-order valence-corrected chi connectivity index (χ3v) is 4.30. The number of nitrogens with one attached hydrogen (secondary N) is 2. The lowest BCUT2D eigenvalue weighted by molar-refractivity contribution is 0.102. The summed E-state index contributed by atoms with van der Waals surface area (Å²) < 4.78 is 26.6. The third-order valence-electron chi connectivity index (χ3n) is 4.30. The molecule has 0 aliphatic heterocycles. The quantitative estimate of drug-likeness (QED) is 0.468. The Morgan fingerprint density at radius 1 is 0.733 bits per heavy atom. The molecule has 1 aromatic heterocycles. The number of carbonyl (C=O) groups is 1. The minimum absolute atomic E-state index is 0.323. The molecule has 1 heterocycles. The van der Waals surface area contributed by atoms with E-state index < -0.39 is 5.82 Å². The van der Waals surface area contributed by atoms with Gasteiger partial charge in [-0.3, -0.25) is 4.79 Å². The molecule has 0 unspecified atom stereocenters. The Morgan fingerprint density at radius 2 is 1.40 bits per heavy atom. The summed E-state index contributed by atoms with van der Waals surface area (Å²) in [4.78, 5) is 20.8. The Kier molecular flexibility index (Phi) is 5.43. The van der Waals surface area contributed by atoms with Gasteiger partial charge in [-0.25, -0.2) is 18.7 Å². The minimum Gasteiger partial charge on any atom is -0.324 e. The normalized spacial score (nSPS) is 10.5. The van der Waals surface area contributed by atoms with Crippen LogP contribution in [0.25, 0.3) is 11.1 Å². The van der Waals surface area contributed by atoms with E-state index >= 15 is 0 Å². The summed E-state index contributed by atoms with van der Waals surface area (Å²) in [6.07, 6.45) is 3.20. The molecule has 0 saturated carbocycles. The van der Waals surface area contributed by atoms with E-state index in [2.05, 4.69) is 20.6 Å². The Balaban J connectivity index is 1.41. The van der Waals surface area contributed by atoms with Crippen molar-refractivity contribution in [2.75, 3.05) is 10.6 Å². The van der Waals surface area contributed by atoms with Crippen molar-refractivity contribution >= 4 is 23.2 Å². The van der Waals surface area contributed by atoms with Crippen molar-refractivity contribution in [3.05, 3.63) is 102 Å². The second kappa shape index (κ2) is 8.48. The summed E-state index contributed by atoms with van der Waals surface area (Å²) in [7, 11) is 0. The molecule has 0 spiro atoms. The molecular weight excluding hydrogens is 386 g/mol. The fraction of sp³-hybridized carbons (Fsp3) is 0. The molecule has 0 fully saturated rings. The minimum atomic E-state index is -0.421. The van der Waals surface area contributed by atoms with E-state index in [1.54, 1.807) is 54.9 Å². The van der Waals surface area contributed by atoms with E-state index in [9.17, 15) is 13.6 Å². The lowest BCUT2D eigenvalue weighted by Gasteiger charge is -2.08. The van der Waals surface area contributed by atoms with Gasteiger partial charge in [0, 0.05) is 34.9 Å². The average molecular weight is 402 g/mol. The molecule has 7 heteroatoms. The van der Waals surface area contributed by atoms with Crippen LogP contribution in [-0.2, 0) is 0 Å². The topological polar surface area (TPSA) is 66.9 Å². The van der Waals surface area contributed by atoms with Gasteiger partial charge in [0.15, 0.2) is 0 Å². The summed E-state index contributed by atoms with van der Waals surface area (Å²) in [6.45, 7) is 0. The number of halogens is 2. The second-order valence-electron chi connectivity index (χ2n) is 6.47. The molecule has 1 amide bonds. The summed E-state index contributed by atoms with van der Waals surface area (Å²) in [6, 6.07) is 18.6. The third kappa shape index (κ3) is 4.64. The van der Waals surface area contributed by atoms with Crippen molar-refractivity contribution in [1.82, 2.24) is 9.97 Å². The maximum absolute atomic E-state index is 13.4. The highest BCUT2D eigenvalue weighted by molar-refractivity contribution is 6.04. The highest BCUT2D eigenvalue weighted by Crippen LogP contribution is 2.20. The zero-order valence-electron chi connectivity index (χ0n) is 15.6. The van der Waals surface area contributed by atoms with Crippen LogP contribution in [0.3, 0.4) is 0 Å². The summed E-state index contributed by atoms with van der Waals surface area (Å²) in [5, 5.41) is 5.68. The number of aromatic nitrogens is 2. The van der Waals surface area contributed by atoms with Gasteiger partial charge in [0.1, 0.15) is 11.6 Å². The van der Waals surface area contributed by atoms with Crippen LogP contribution in [0.4, 0.5) is 26.1 Å². The van der Waals surface area contributed by atoms with Crippen LogP contribution in [0.5, 0.6) is 0 Å². The fourth-order valence-electron chi connectivity index (χ4n) is 2.81. The number of anilines is 3. The van der Waals surface area contributed by atoms with Crippen LogP contribution >= 0.6 is 0 Å².